The number of aliphatic hydroxyl groups excluding tert-OH is 1. The quantitative estimate of drug-likeness (QED) is 0.766. The van der Waals surface area contributed by atoms with Crippen LogP contribution in [0.15, 0.2) is 41.6 Å². The second-order valence-corrected chi connectivity index (χ2v) is 4.80. The van der Waals surface area contributed by atoms with Gasteiger partial charge in [-0.2, -0.15) is 5.10 Å². The molecule has 0 spiro atoms. The lowest BCUT2D eigenvalue weighted by atomic mass is 10.1. The average Bonchev–Trinajstić information content (AvgIpc) is 2.84. The summed E-state index contributed by atoms with van der Waals surface area (Å²) in [6, 6.07) is 6.92. The van der Waals surface area contributed by atoms with Crippen molar-refractivity contribution in [3.05, 3.63) is 57.7 Å². The number of benzene rings is 1. The van der Waals surface area contributed by atoms with E-state index in [1.165, 1.54) is 17.2 Å². The van der Waals surface area contributed by atoms with E-state index < -0.39 is 6.10 Å². The van der Waals surface area contributed by atoms with Gasteiger partial charge in [0.1, 0.15) is 5.39 Å². The van der Waals surface area contributed by atoms with Gasteiger partial charge in [0.15, 0.2) is 5.65 Å². The topological polar surface area (TPSA) is 83.8 Å². The Labute approximate surface area is 118 Å². The summed E-state index contributed by atoms with van der Waals surface area (Å²) < 4.78 is 1.50. The summed E-state index contributed by atoms with van der Waals surface area (Å²) >= 11 is 5.81. The van der Waals surface area contributed by atoms with Crippen molar-refractivity contribution < 1.29 is 5.11 Å². The molecule has 0 fully saturated rings. The van der Waals surface area contributed by atoms with Crippen molar-refractivity contribution in [1.29, 1.82) is 0 Å². The maximum atomic E-state index is 11.6. The summed E-state index contributed by atoms with van der Waals surface area (Å²) in [4.78, 5) is 18.1. The molecule has 20 heavy (non-hydrogen) atoms. The van der Waals surface area contributed by atoms with Crippen molar-refractivity contribution in [1.82, 2.24) is 19.7 Å². The first kappa shape index (κ1) is 12.8. The van der Waals surface area contributed by atoms with E-state index in [0.29, 0.717) is 16.1 Å². The van der Waals surface area contributed by atoms with E-state index in [0.717, 1.165) is 5.56 Å². The smallest absolute Gasteiger partial charge is 0.261 e. The number of hydrogen-bond acceptors (Lipinski definition) is 4. The highest BCUT2D eigenvalue weighted by Crippen LogP contribution is 2.18. The number of nitrogens with one attached hydrogen (secondary N) is 1. The number of fused-ring (bicyclic) bond motifs is 1. The number of nitrogens with zero attached hydrogens (tertiary/aromatic N) is 3. The SMILES string of the molecule is O=c1[nH]cnc2c1cnn2CC(O)c1ccc(Cl)cc1. The Morgan fingerprint density at radius 1 is 1.35 bits per heavy atom. The van der Waals surface area contributed by atoms with Gasteiger partial charge < -0.3 is 10.1 Å². The summed E-state index contributed by atoms with van der Waals surface area (Å²) in [7, 11) is 0. The number of aliphatic hydroxyl groups is 1. The van der Waals surface area contributed by atoms with Gasteiger partial charge in [0.2, 0.25) is 0 Å². The predicted octanol–water partition coefficient (Wildman–Crippen LogP) is 1.51. The second kappa shape index (κ2) is 5.07. The molecular weight excluding hydrogens is 280 g/mol. The monoisotopic (exact) mass is 290 g/mol. The molecule has 0 aliphatic rings. The van der Waals surface area contributed by atoms with Gasteiger partial charge in [-0.15, -0.1) is 0 Å². The zero-order chi connectivity index (χ0) is 14.1. The fourth-order valence-electron chi connectivity index (χ4n) is 1.99. The third kappa shape index (κ3) is 2.31. The molecule has 0 saturated heterocycles. The maximum absolute atomic E-state index is 11.6. The molecule has 1 atom stereocenters. The van der Waals surface area contributed by atoms with Crippen molar-refractivity contribution in [2.24, 2.45) is 0 Å². The first-order chi connectivity index (χ1) is 9.65. The van der Waals surface area contributed by atoms with Gasteiger partial charge in [-0.1, -0.05) is 23.7 Å². The molecule has 0 amide bonds. The van der Waals surface area contributed by atoms with E-state index in [4.69, 9.17) is 11.6 Å². The molecule has 7 heteroatoms. The summed E-state index contributed by atoms with van der Waals surface area (Å²) in [5, 5.41) is 15.3. The van der Waals surface area contributed by atoms with E-state index in [1.807, 2.05) is 0 Å². The summed E-state index contributed by atoms with van der Waals surface area (Å²) in [5.41, 5.74) is 0.923. The van der Waals surface area contributed by atoms with E-state index >= 15 is 0 Å². The minimum absolute atomic E-state index is 0.210. The Balaban J connectivity index is 1.91. The zero-order valence-electron chi connectivity index (χ0n) is 10.3. The highest BCUT2D eigenvalue weighted by atomic mass is 35.5. The molecule has 2 heterocycles. The first-order valence-corrected chi connectivity index (χ1v) is 6.35. The summed E-state index contributed by atoms with van der Waals surface area (Å²) in [6.07, 6.45) is 2.00. The summed E-state index contributed by atoms with van der Waals surface area (Å²) in [5.74, 6) is 0. The van der Waals surface area contributed by atoms with Crippen LogP contribution in [-0.4, -0.2) is 24.9 Å². The Kier molecular flexibility index (Phi) is 3.25. The van der Waals surface area contributed by atoms with E-state index in [9.17, 15) is 9.90 Å². The van der Waals surface area contributed by atoms with Crippen LogP contribution >= 0.6 is 11.6 Å². The number of H-pyrrole nitrogens is 1. The van der Waals surface area contributed by atoms with Gasteiger partial charge in [-0.25, -0.2) is 9.67 Å². The largest absolute Gasteiger partial charge is 0.386 e. The average molecular weight is 291 g/mol. The molecule has 2 aromatic heterocycles. The van der Waals surface area contributed by atoms with Crippen LogP contribution in [0.4, 0.5) is 0 Å². The Hall–Kier alpha value is -2.18. The van der Waals surface area contributed by atoms with Gasteiger partial charge in [0, 0.05) is 5.02 Å². The molecule has 1 aromatic carbocycles. The molecule has 6 nitrogen and oxygen atoms in total. The molecule has 0 saturated carbocycles. The van der Waals surface area contributed by atoms with E-state index in [2.05, 4.69) is 15.1 Å². The van der Waals surface area contributed by atoms with Crippen molar-refractivity contribution in [3.8, 4) is 0 Å². The lowest BCUT2D eigenvalue weighted by Gasteiger charge is -2.11. The van der Waals surface area contributed by atoms with E-state index in [-0.39, 0.29) is 12.1 Å². The Bertz CT molecular complexity index is 794. The molecule has 0 aliphatic heterocycles. The highest BCUT2D eigenvalue weighted by Gasteiger charge is 2.13. The number of halogens is 1. The second-order valence-electron chi connectivity index (χ2n) is 4.36. The minimum atomic E-state index is -0.753. The highest BCUT2D eigenvalue weighted by molar-refractivity contribution is 6.30. The third-order valence-electron chi connectivity index (χ3n) is 3.04. The predicted molar refractivity (Wildman–Crippen MR) is 74.6 cm³/mol. The number of aromatic amines is 1. The van der Waals surface area contributed by atoms with Crippen LogP contribution in [0, 0.1) is 0 Å². The van der Waals surface area contributed by atoms with Gasteiger partial charge in [-0.3, -0.25) is 4.79 Å². The van der Waals surface area contributed by atoms with Crippen LogP contribution in [0.2, 0.25) is 5.02 Å². The fraction of sp³-hybridized carbons (Fsp3) is 0.154. The number of rotatable bonds is 3. The zero-order valence-corrected chi connectivity index (χ0v) is 11.1. The molecule has 0 radical (unpaired) electrons. The third-order valence-corrected chi connectivity index (χ3v) is 3.29. The van der Waals surface area contributed by atoms with Crippen LogP contribution in [0.5, 0.6) is 0 Å². The normalized spacial score (nSPS) is 12.7. The lowest BCUT2D eigenvalue weighted by molar-refractivity contribution is 0.153. The Morgan fingerprint density at radius 2 is 2.10 bits per heavy atom. The van der Waals surface area contributed by atoms with Crippen molar-refractivity contribution in [2.45, 2.75) is 12.6 Å². The van der Waals surface area contributed by atoms with Crippen LogP contribution in [0.1, 0.15) is 11.7 Å². The van der Waals surface area contributed by atoms with Crippen molar-refractivity contribution >= 4 is 22.6 Å². The van der Waals surface area contributed by atoms with Gasteiger partial charge >= 0.3 is 0 Å². The van der Waals surface area contributed by atoms with Crippen LogP contribution in [0.3, 0.4) is 0 Å². The Morgan fingerprint density at radius 3 is 2.85 bits per heavy atom. The molecule has 3 rings (SSSR count). The van der Waals surface area contributed by atoms with Gasteiger partial charge in [-0.05, 0) is 17.7 Å². The molecular formula is C13H11ClN4O2. The van der Waals surface area contributed by atoms with Crippen LogP contribution < -0.4 is 5.56 Å². The maximum Gasteiger partial charge on any atom is 0.261 e. The van der Waals surface area contributed by atoms with Crippen LogP contribution in [0.25, 0.3) is 11.0 Å². The molecule has 102 valence electrons. The number of aromatic nitrogens is 4. The van der Waals surface area contributed by atoms with E-state index in [1.54, 1.807) is 24.3 Å². The fourth-order valence-corrected chi connectivity index (χ4v) is 2.12. The molecule has 0 aliphatic carbocycles. The van der Waals surface area contributed by atoms with Crippen molar-refractivity contribution in [3.63, 3.8) is 0 Å². The molecule has 3 aromatic rings. The molecule has 1 unspecified atom stereocenters. The number of hydrogen-bond donors (Lipinski definition) is 2. The summed E-state index contributed by atoms with van der Waals surface area (Å²) in [6.45, 7) is 0.210. The standard InChI is InChI=1S/C13H11ClN4O2/c14-9-3-1-8(2-4-9)11(19)6-18-12-10(5-17-18)13(20)16-7-15-12/h1-5,7,11,19H,6H2,(H,15,16,20). The van der Waals surface area contributed by atoms with Crippen molar-refractivity contribution in [2.75, 3.05) is 0 Å². The minimum Gasteiger partial charge on any atom is -0.386 e. The van der Waals surface area contributed by atoms with Gasteiger partial charge in [0.05, 0.1) is 25.2 Å². The first-order valence-electron chi connectivity index (χ1n) is 5.98. The molecule has 2 N–H and O–H groups in total. The lowest BCUT2D eigenvalue weighted by Crippen LogP contribution is -2.12. The van der Waals surface area contributed by atoms with Gasteiger partial charge in [0.25, 0.3) is 5.56 Å². The molecule has 0 bridgehead atoms. The van der Waals surface area contributed by atoms with Crippen LogP contribution in [-0.2, 0) is 6.54 Å².